The molecule has 2 aliphatic rings. The lowest BCUT2D eigenvalue weighted by atomic mass is 9.95. The summed E-state index contributed by atoms with van der Waals surface area (Å²) in [5.41, 5.74) is 1.49. The van der Waals surface area contributed by atoms with Gasteiger partial charge in [-0.2, -0.15) is 8.42 Å². The molecule has 0 aromatic heterocycles. The van der Waals surface area contributed by atoms with Gasteiger partial charge in [-0.3, -0.25) is 4.79 Å². The van der Waals surface area contributed by atoms with E-state index in [-0.39, 0.29) is 12.4 Å². The zero-order valence-electron chi connectivity index (χ0n) is 14.3. The zero-order valence-corrected chi connectivity index (χ0v) is 15.9. The molecule has 27 heavy (non-hydrogen) atoms. The molecule has 2 aromatic carbocycles. The lowest BCUT2D eigenvalue weighted by Gasteiger charge is -2.34. The van der Waals surface area contributed by atoms with Crippen molar-refractivity contribution in [2.75, 3.05) is 6.61 Å². The van der Waals surface area contributed by atoms with Crippen LogP contribution < -0.4 is 4.18 Å². The second-order valence-corrected chi connectivity index (χ2v) is 7.95. The number of rotatable bonds is 3. The van der Waals surface area contributed by atoms with E-state index in [1.807, 2.05) is 0 Å². The molecule has 0 bridgehead atoms. The molecule has 0 saturated carbocycles. The molecule has 4 rings (SSSR count). The topological polar surface area (TPSA) is 72.9 Å². The number of fused-ring (bicyclic) bond motifs is 3. The summed E-state index contributed by atoms with van der Waals surface area (Å²) in [5.74, 6) is -1.14. The summed E-state index contributed by atoms with van der Waals surface area (Å²) < 4.78 is 37.4. The molecule has 2 aliphatic heterocycles. The van der Waals surface area contributed by atoms with Crippen molar-refractivity contribution in [1.29, 1.82) is 0 Å². The van der Waals surface area contributed by atoms with Crippen LogP contribution in [0, 0.1) is 5.92 Å². The summed E-state index contributed by atoms with van der Waals surface area (Å²) in [7, 11) is -4.17. The van der Waals surface area contributed by atoms with E-state index < -0.39 is 28.2 Å². The molecule has 2 heterocycles. The predicted octanol–water partition coefficient (Wildman–Crippen LogP) is 3.55. The minimum Gasteiger partial charge on any atom is -0.465 e. The van der Waals surface area contributed by atoms with E-state index in [0.717, 1.165) is 4.31 Å². The van der Waals surface area contributed by atoms with Gasteiger partial charge in [-0.25, -0.2) is 4.31 Å². The van der Waals surface area contributed by atoms with E-state index in [1.165, 1.54) is 0 Å². The second kappa shape index (κ2) is 6.58. The SMILES string of the molecule is CCOC(=O)[C@@H]1C=C2c3ccccc3OS(=O)(=O)N2[C@H]1c1ccccc1Cl. The first kappa shape index (κ1) is 17.9. The van der Waals surface area contributed by atoms with E-state index >= 15 is 0 Å². The van der Waals surface area contributed by atoms with Crippen LogP contribution in [-0.2, 0) is 19.8 Å². The van der Waals surface area contributed by atoms with Gasteiger partial charge in [0.25, 0.3) is 0 Å². The largest absolute Gasteiger partial charge is 0.465 e. The quantitative estimate of drug-likeness (QED) is 0.730. The highest BCUT2D eigenvalue weighted by atomic mass is 35.5. The third-order valence-corrected chi connectivity index (χ3v) is 6.19. The van der Waals surface area contributed by atoms with Crippen molar-refractivity contribution in [2.24, 2.45) is 5.92 Å². The van der Waals surface area contributed by atoms with Gasteiger partial charge < -0.3 is 8.92 Å². The molecule has 2 atom stereocenters. The highest BCUT2D eigenvalue weighted by Gasteiger charge is 2.50. The van der Waals surface area contributed by atoms with Crippen molar-refractivity contribution in [1.82, 2.24) is 4.31 Å². The van der Waals surface area contributed by atoms with Crippen LogP contribution in [0.5, 0.6) is 5.75 Å². The second-order valence-electron chi connectivity index (χ2n) is 6.13. The van der Waals surface area contributed by atoms with Crippen LogP contribution in [0.3, 0.4) is 0 Å². The highest BCUT2D eigenvalue weighted by Crippen LogP contribution is 2.51. The molecule has 0 radical (unpaired) electrons. The number of nitrogens with zero attached hydrogens (tertiary/aromatic N) is 1. The fraction of sp³-hybridized carbons (Fsp3) is 0.211. The fourth-order valence-electron chi connectivity index (χ4n) is 3.47. The summed E-state index contributed by atoms with van der Waals surface area (Å²) in [4.78, 5) is 12.6. The summed E-state index contributed by atoms with van der Waals surface area (Å²) >= 11 is 6.34. The molecule has 0 amide bonds. The maximum Gasteiger partial charge on any atom is 0.410 e. The van der Waals surface area contributed by atoms with Gasteiger partial charge in [0.1, 0.15) is 5.92 Å². The number of benzene rings is 2. The van der Waals surface area contributed by atoms with Crippen LogP contribution in [0.4, 0.5) is 0 Å². The summed E-state index contributed by atoms with van der Waals surface area (Å²) in [6, 6.07) is 12.8. The van der Waals surface area contributed by atoms with Crippen molar-refractivity contribution in [3.63, 3.8) is 0 Å². The first-order valence-corrected chi connectivity index (χ1v) is 10.1. The maximum absolute atomic E-state index is 12.9. The standard InChI is InChI=1S/C19H16ClNO5S/c1-2-25-19(22)14-11-16-13-8-4-6-10-17(13)26-27(23,24)21(16)18(14)12-7-3-5-9-15(12)20/h3-11,14,18H,2H2,1H3/t14-,18+/m1/s1. The monoisotopic (exact) mass is 405 g/mol. The third kappa shape index (κ3) is 2.87. The zero-order chi connectivity index (χ0) is 19.2. The van der Waals surface area contributed by atoms with Crippen LogP contribution in [-0.4, -0.2) is 25.3 Å². The van der Waals surface area contributed by atoms with Crippen molar-refractivity contribution in [3.05, 3.63) is 70.8 Å². The third-order valence-electron chi connectivity index (χ3n) is 4.55. The van der Waals surface area contributed by atoms with E-state index in [4.69, 9.17) is 20.5 Å². The van der Waals surface area contributed by atoms with Gasteiger partial charge in [-0.1, -0.05) is 41.9 Å². The smallest absolute Gasteiger partial charge is 0.410 e. The highest BCUT2D eigenvalue weighted by molar-refractivity contribution is 7.85. The van der Waals surface area contributed by atoms with Crippen molar-refractivity contribution < 1.29 is 22.1 Å². The van der Waals surface area contributed by atoms with Crippen molar-refractivity contribution in [3.8, 4) is 5.75 Å². The summed E-state index contributed by atoms with van der Waals surface area (Å²) in [6.07, 6.45) is 1.62. The van der Waals surface area contributed by atoms with E-state index in [1.54, 1.807) is 61.5 Å². The number of hydrogen-bond donors (Lipinski definition) is 0. The molecule has 0 saturated heterocycles. The first-order chi connectivity index (χ1) is 12.9. The van der Waals surface area contributed by atoms with Gasteiger partial charge in [0, 0.05) is 10.6 Å². The Bertz CT molecular complexity index is 1050. The Morgan fingerprint density at radius 2 is 1.89 bits per heavy atom. The lowest BCUT2D eigenvalue weighted by molar-refractivity contribution is -0.147. The molecule has 140 valence electrons. The molecular weight excluding hydrogens is 390 g/mol. The van der Waals surface area contributed by atoms with Gasteiger partial charge in [-0.05, 0) is 36.8 Å². The van der Waals surface area contributed by atoms with Gasteiger partial charge in [0.15, 0.2) is 5.75 Å². The normalized spacial score (nSPS) is 22.3. The molecule has 0 fully saturated rings. The Kier molecular flexibility index (Phi) is 4.36. The number of carbonyl (C=O) groups excluding carboxylic acids is 1. The van der Waals surface area contributed by atoms with Crippen LogP contribution in [0.15, 0.2) is 54.6 Å². The number of ether oxygens (including phenoxy) is 1. The Hall–Kier alpha value is -2.51. The van der Waals surface area contributed by atoms with Crippen LogP contribution in [0.25, 0.3) is 5.70 Å². The van der Waals surface area contributed by atoms with Crippen molar-refractivity contribution >= 4 is 33.6 Å². The molecular formula is C19H16ClNO5S. The minimum absolute atomic E-state index is 0.188. The predicted molar refractivity (Wildman–Crippen MR) is 100 cm³/mol. The average molecular weight is 406 g/mol. The number of carbonyl (C=O) groups is 1. The number of hydrogen-bond acceptors (Lipinski definition) is 5. The molecule has 0 N–H and O–H groups in total. The number of halogens is 1. The van der Waals surface area contributed by atoms with Gasteiger partial charge in [0.05, 0.1) is 18.3 Å². The Balaban J connectivity index is 1.93. The van der Waals surface area contributed by atoms with Crippen LogP contribution in [0.1, 0.15) is 24.1 Å². The Morgan fingerprint density at radius 1 is 1.19 bits per heavy atom. The van der Waals surface area contributed by atoms with E-state index in [9.17, 15) is 13.2 Å². The Labute approximate surface area is 162 Å². The molecule has 8 heteroatoms. The first-order valence-electron chi connectivity index (χ1n) is 8.40. The van der Waals surface area contributed by atoms with Gasteiger partial charge >= 0.3 is 16.3 Å². The van der Waals surface area contributed by atoms with Crippen molar-refractivity contribution in [2.45, 2.75) is 13.0 Å². The minimum atomic E-state index is -4.17. The van der Waals surface area contributed by atoms with Crippen LogP contribution in [0.2, 0.25) is 5.02 Å². The molecule has 0 aliphatic carbocycles. The summed E-state index contributed by atoms with van der Waals surface area (Å²) in [6.45, 7) is 1.89. The van der Waals surface area contributed by atoms with E-state index in [2.05, 4.69) is 0 Å². The van der Waals surface area contributed by atoms with Gasteiger partial charge in [-0.15, -0.1) is 0 Å². The maximum atomic E-state index is 12.9. The number of esters is 1. The molecule has 6 nitrogen and oxygen atoms in total. The molecule has 2 aromatic rings. The average Bonchev–Trinajstić information content (AvgIpc) is 3.04. The summed E-state index contributed by atoms with van der Waals surface area (Å²) in [5, 5.41) is 0.362. The lowest BCUT2D eigenvalue weighted by Crippen LogP contribution is -2.39. The van der Waals surface area contributed by atoms with Crippen LogP contribution >= 0.6 is 11.6 Å². The van der Waals surface area contributed by atoms with E-state index in [0.29, 0.717) is 21.8 Å². The Morgan fingerprint density at radius 3 is 2.63 bits per heavy atom. The molecule has 0 spiro atoms. The fourth-order valence-corrected chi connectivity index (χ4v) is 5.10. The number of para-hydroxylation sites is 1. The molecule has 0 unspecified atom stereocenters. The van der Waals surface area contributed by atoms with Gasteiger partial charge in [0.2, 0.25) is 0 Å².